The minimum Gasteiger partial charge on any atom is -0.467 e. The number of carbonyl (C=O) groups is 2. The quantitative estimate of drug-likeness (QED) is 0.859. The zero-order valence-corrected chi connectivity index (χ0v) is 12.2. The van der Waals surface area contributed by atoms with E-state index < -0.39 is 12.0 Å². The predicted molar refractivity (Wildman–Crippen MR) is 82.1 cm³/mol. The van der Waals surface area contributed by atoms with Gasteiger partial charge in [-0.05, 0) is 23.3 Å². The summed E-state index contributed by atoms with van der Waals surface area (Å²) in [6.45, 7) is 0. The van der Waals surface area contributed by atoms with Crippen molar-refractivity contribution in [3.05, 3.63) is 48.0 Å². The van der Waals surface area contributed by atoms with Crippen LogP contribution in [-0.2, 0) is 9.53 Å². The number of ether oxygens (including phenoxy) is 1. The van der Waals surface area contributed by atoms with Crippen molar-refractivity contribution in [3.63, 3.8) is 0 Å². The van der Waals surface area contributed by atoms with Gasteiger partial charge >= 0.3 is 5.97 Å². The molecule has 0 aliphatic heterocycles. The van der Waals surface area contributed by atoms with Gasteiger partial charge in [0.1, 0.15) is 6.04 Å². The van der Waals surface area contributed by atoms with Gasteiger partial charge in [-0.3, -0.25) is 4.79 Å². The van der Waals surface area contributed by atoms with E-state index in [0.717, 1.165) is 10.8 Å². The Morgan fingerprint density at radius 1 is 1.23 bits per heavy atom. The maximum absolute atomic E-state index is 12.5. The predicted octanol–water partition coefficient (Wildman–Crippen LogP) is 2.41. The number of nitriles is 1. The third-order valence-electron chi connectivity index (χ3n) is 3.37. The first-order valence-corrected chi connectivity index (χ1v) is 6.90. The Morgan fingerprint density at radius 3 is 2.68 bits per heavy atom. The SMILES string of the molecule is COC(=O)[C@H](CCC#N)NC(=O)c1cccc2ccccc12. The number of hydrogen-bond acceptors (Lipinski definition) is 4. The number of amides is 1. The Balaban J connectivity index is 2.25. The molecule has 0 aromatic heterocycles. The Bertz CT molecular complexity index is 729. The van der Waals surface area contributed by atoms with Crippen LogP contribution in [-0.4, -0.2) is 25.0 Å². The molecule has 0 aliphatic carbocycles. The number of hydrogen-bond donors (Lipinski definition) is 1. The van der Waals surface area contributed by atoms with E-state index in [1.807, 2.05) is 36.4 Å². The summed E-state index contributed by atoms with van der Waals surface area (Å²) >= 11 is 0. The smallest absolute Gasteiger partial charge is 0.328 e. The summed E-state index contributed by atoms with van der Waals surface area (Å²) in [4.78, 5) is 24.2. The molecule has 0 aliphatic rings. The number of methoxy groups -OCH3 is 1. The first-order valence-electron chi connectivity index (χ1n) is 6.90. The molecule has 1 amide bonds. The monoisotopic (exact) mass is 296 g/mol. The van der Waals surface area contributed by atoms with Gasteiger partial charge in [0.2, 0.25) is 0 Å². The molecule has 1 atom stereocenters. The molecule has 0 bridgehead atoms. The summed E-state index contributed by atoms with van der Waals surface area (Å²) in [6.07, 6.45) is 0.384. The van der Waals surface area contributed by atoms with Gasteiger partial charge in [-0.2, -0.15) is 5.26 Å². The molecule has 2 rings (SSSR count). The third-order valence-corrected chi connectivity index (χ3v) is 3.37. The van der Waals surface area contributed by atoms with E-state index in [1.165, 1.54) is 7.11 Å². The lowest BCUT2D eigenvalue weighted by atomic mass is 10.0. The molecular weight excluding hydrogens is 280 g/mol. The Hall–Kier alpha value is -2.87. The van der Waals surface area contributed by atoms with Crippen LogP contribution in [0.4, 0.5) is 0 Å². The van der Waals surface area contributed by atoms with Crippen LogP contribution in [0.5, 0.6) is 0 Å². The van der Waals surface area contributed by atoms with Gasteiger partial charge in [0.25, 0.3) is 5.91 Å². The van der Waals surface area contributed by atoms with Crippen molar-refractivity contribution < 1.29 is 14.3 Å². The van der Waals surface area contributed by atoms with Crippen LogP contribution in [0, 0.1) is 11.3 Å². The average Bonchev–Trinajstić information content (AvgIpc) is 2.57. The Morgan fingerprint density at radius 2 is 1.95 bits per heavy atom. The summed E-state index contributed by atoms with van der Waals surface area (Å²) in [5.41, 5.74) is 0.490. The summed E-state index contributed by atoms with van der Waals surface area (Å²) < 4.78 is 4.67. The molecule has 1 N–H and O–H groups in total. The molecule has 112 valence electrons. The van der Waals surface area contributed by atoms with Gasteiger partial charge in [-0.15, -0.1) is 0 Å². The van der Waals surface area contributed by atoms with Gasteiger partial charge in [-0.1, -0.05) is 36.4 Å². The van der Waals surface area contributed by atoms with Gasteiger partial charge in [0, 0.05) is 12.0 Å². The molecule has 2 aromatic rings. The van der Waals surface area contributed by atoms with Gasteiger partial charge in [0.05, 0.1) is 13.2 Å². The molecule has 22 heavy (non-hydrogen) atoms. The van der Waals surface area contributed by atoms with Crippen molar-refractivity contribution in [1.82, 2.24) is 5.32 Å². The molecule has 5 nitrogen and oxygen atoms in total. The second kappa shape index (κ2) is 7.23. The van der Waals surface area contributed by atoms with Crippen LogP contribution in [0.3, 0.4) is 0 Å². The van der Waals surface area contributed by atoms with E-state index in [9.17, 15) is 9.59 Å². The van der Waals surface area contributed by atoms with Gasteiger partial charge in [-0.25, -0.2) is 4.79 Å². The number of rotatable bonds is 5. The van der Waals surface area contributed by atoms with Crippen LogP contribution >= 0.6 is 0 Å². The molecular formula is C17H16N2O3. The maximum atomic E-state index is 12.5. The fraction of sp³-hybridized carbons (Fsp3) is 0.235. The zero-order valence-electron chi connectivity index (χ0n) is 12.2. The fourth-order valence-electron chi connectivity index (χ4n) is 2.26. The summed E-state index contributed by atoms with van der Waals surface area (Å²) in [5, 5.41) is 13.1. The zero-order chi connectivity index (χ0) is 15.9. The molecule has 2 aromatic carbocycles. The van der Waals surface area contributed by atoms with E-state index in [4.69, 9.17) is 5.26 Å². The minimum absolute atomic E-state index is 0.162. The Labute approximate surface area is 128 Å². The molecule has 0 saturated heterocycles. The van der Waals surface area contributed by atoms with Crippen LogP contribution in [0.25, 0.3) is 10.8 Å². The lowest BCUT2D eigenvalue weighted by Gasteiger charge is -2.16. The minimum atomic E-state index is -0.823. The van der Waals surface area contributed by atoms with Crippen LogP contribution in [0.1, 0.15) is 23.2 Å². The standard InChI is InChI=1S/C17H16N2O3/c1-22-17(21)15(10-5-11-18)19-16(20)14-9-4-7-12-6-2-3-8-13(12)14/h2-4,6-9,15H,5,10H2,1H3,(H,19,20)/t15-/m0/s1. The van der Waals surface area contributed by atoms with Crippen LogP contribution in [0.15, 0.2) is 42.5 Å². The largest absolute Gasteiger partial charge is 0.467 e. The molecule has 0 radical (unpaired) electrons. The molecule has 0 spiro atoms. The lowest BCUT2D eigenvalue weighted by Crippen LogP contribution is -2.41. The highest BCUT2D eigenvalue weighted by Gasteiger charge is 2.22. The number of esters is 1. The van der Waals surface area contributed by atoms with Crippen LogP contribution < -0.4 is 5.32 Å². The molecule has 0 fully saturated rings. The first kappa shape index (κ1) is 15.5. The van der Waals surface area contributed by atoms with E-state index in [0.29, 0.717) is 5.56 Å². The molecule has 0 unspecified atom stereocenters. The number of nitrogens with zero attached hydrogens (tertiary/aromatic N) is 1. The Kier molecular flexibility index (Phi) is 5.10. The highest BCUT2D eigenvalue weighted by Crippen LogP contribution is 2.18. The van der Waals surface area contributed by atoms with Crippen molar-refractivity contribution in [2.75, 3.05) is 7.11 Å². The highest BCUT2D eigenvalue weighted by atomic mass is 16.5. The third kappa shape index (κ3) is 3.41. The van der Waals surface area contributed by atoms with Crippen molar-refractivity contribution in [3.8, 4) is 6.07 Å². The van der Waals surface area contributed by atoms with E-state index >= 15 is 0 Å². The maximum Gasteiger partial charge on any atom is 0.328 e. The van der Waals surface area contributed by atoms with Crippen molar-refractivity contribution in [2.45, 2.75) is 18.9 Å². The molecule has 5 heteroatoms. The van der Waals surface area contributed by atoms with Crippen molar-refractivity contribution in [2.24, 2.45) is 0 Å². The normalized spacial score (nSPS) is 11.5. The van der Waals surface area contributed by atoms with E-state index in [2.05, 4.69) is 10.1 Å². The summed E-state index contributed by atoms with van der Waals surface area (Å²) in [6, 6.07) is 14.1. The lowest BCUT2D eigenvalue weighted by molar-refractivity contribution is -0.143. The number of carbonyl (C=O) groups excluding carboxylic acids is 2. The van der Waals surface area contributed by atoms with E-state index in [1.54, 1.807) is 12.1 Å². The highest BCUT2D eigenvalue weighted by molar-refractivity contribution is 6.07. The topological polar surface area (TPSA) is 79.2 Å². The van der Waals surface area contributed by atoms with Gasteiger partial charge in [0.15, 0.2) is 0 Å². The van der Waals surface area contributed by atoms with Crippen LogP contribution in [0.2, 0.25) is 0 Å². The number of benzene rings is 2. The first-order chi connectivity index (χ1) is 10.7. The van der Waals surface area contributed by atoms with Gasteiger partial charge < -0.3 is 10.1 Å². The second-order valence-electron chi connectivity index (χ2n) is 4.77. The van der Waals surface area contributed by atoms with Crippen molar-refractivity contribution >= 4 is 22.6 Å². The molecule has 0 heterocycles. The van der Waals surface area contributed by atoms with Crippen molar-refractivity contribution in [1.29, 1.82) is 5.26 Å². The summed E-state index contributed by atoms with van der Waals surface area (Å²) in [5.74, 6) is -0.908. The number of fused-ring (bicyclic) bond motifs is 1. The van der Waals surface area contributed by atoms with E-state index in [-0.39, 0.29) is 18.7 Å². The second-order valence-corrected chi connectivity index (χ2v) is 4.77. The fourth-order valence-corrected chi connectivity index (χ4v) is 2.26. The summed E-state index contributed by atoms with van der Waals surface area (Å²) in [7, 11) is 1.26. The molecule has 0 saturated carbocycles. The average molecular weight is 296 g/mol. The number of nitrogens with one attached hydrogen (secondary N) is 1.